The van der Waals surface area contributed by atoms with Crippen LogP contribution in [0.1, 0.15) is 12.8 Å². The molecule has 0 saturated carbocycles. The fourth-order valence-corrected chi connectivity index (χ4v) is 4.55. The predicted octanol–water partition coefficient (Wildman–Crippen LogP) is 2.13. The molecule has 0 bridgehead atoms. The van der Waals surface area contributed by atoms with Gasteiger partial charge in [0.15, 0.2) is 5.13 Å². The number of nitrogens with zero attached hydrogens (tertiary/aromatic N) is 4. The maximum absolute atomic E-state index is 13.1. The van der Waals surface area contributed by atoms with E-state index in [2.05, 4.69) is 20.1 Å². The van der Waals surface area contributed by atoms with Crippen molar-refractivity contribution in [1.29, 1.82) is 0 Å². The summed E-state index contributed by atoms with van der Waals surface area (Å²) in [6, 6.07) is 6.13. The second kappa shape index (κ2) is 9.63. The minimum atomic E-state index is -0.289. The number of likely N-dealkylation sites (tertiary alicyclic amines) is 1. The van der Waals surface area contributed by atoms with Gasteiger partial charge >= 0.3 is 0 Å². The molecule has 7 nitrogen and oxygen atoms in total. The number of hydrogen-bond acceptors (Lipinski definition) is 6. The highest BCUT2D eigenvalue weighted by molar-refractivity contribution is 7.14. The van der Waals surface area contributed by atoms with Gasteiger partial charge in [-0.15, -0.1) is 11.3 Å². The van der Waals surface area contributed by atoms with Gasteiger partial charge in [0.2, 0.25) is 11.8 Å². The van der Waals surface area contributed by atoms with Gasteiger partial charge in [-0.05, 0) is 37.1 Å². The Hall–Kier alpha value is -2.36. The molecule has 9 heteroatoms. The largest absolute Gasteiger partial charge is 0.342 e. The zero-order chi connectivity index (χ0) is 20.9. The lowest BCUT2D eigenvalue weighted by molar-refractivity contribution is -0.132. The molecule has 0 unspecified atom stereocenters. The number of carbonyl (C=O) groups excluding carboxylic acids is 2. The van der Waals surface area contributed by atoms with Crippen LogP contribution in [0, 0.1) is 5.82 Å². The van der Waals surface area contributed by atoms with E-state index in [-0.39, 0.29) is 17.6 Å². The van der Waals surface area contributed by atoms with Crippen LogP contribution < -0.4 is 5.32 Å². The van der Waals surface area contributed by atoms with Crippen LogP contribution in [0.3, 0.4) is 0 Å². The summed E-state index contributed by atoms with van der Waals surface area (Å²) in [5, 5.41) is 5.23. The summed E-state index contributed by atoms with van der Waals surface area (Å²) in [4.78, 5) is 35.3. The van der Waals surface area contributed by atoms with Crippen molar-refractivity contribution in [2.75, 3.05) is 57.7 Å². The zero-order valence-electron chi connectivity index (χ0n) is 16.8. The van der Waals surface area contributed by atoms with Crippen LogP contribution in [0.4, 0.5) is 9.52 Å². The number of halogens is 1. The SMILES string of the molecule is O=C(CN1CCN(CC(=O)N2CCCC2)CC1)Nc1nc(-c2ccc(F)cc2)cs1. The Morgan fingerprint density at radius 1 is 0.967 bits per heavy atom. The van der Waals surface area contributed by atoms with Crippen LogP contribution in [0.5, 0.6) is 0 Å². The Morgan fingerprint density at radius 2 is 1.60 bits per heavy atom. The molecule has 2 aliphatic heterocycles. The normalized spacial score (nSPS) is 18.0. The van der Waals surface area contributed by atoms with E-state index >= 15 is 0 Å². The minimum absolute atomic E-state index is 0.100. The first-order chi connectivity index (χ1) is 14.6. The third-order valence-electron chi connectivity index (χ3n) is 5.54. The van der Waals surface area contributed by atoms with Crippen LogP contribution in [-0.4, -0.2) is 83.9 Å². The molecule has 2 aliphatic rings. The quantitative estimate of drug-likeness (QED) is 0.759. The lowest BCUT2D eigenvalue weighted by atomic mass is 10.2. The van der Waals surface area contributed by atoms with Crippen LogP contribution in [0.15, 0.2) is 29.6 Å². The van der Waals surface area contributed by atoms with Gasteiger partial charge in [0.05, 0.1) is 18.8 Å². The van der Waals surface area contributed by atoms with Crippen LogP contribution in [-0.2, 0) is 9.59 Å². The van der Waals surface area contributed by atoms with Crippen molar-refractivity contribution in [2.45, 2.75) is 12.8 Å². The second-order valence-corrected chi connectivity index (χ2v) is 8.59. The average Bonchev–Trinajstić information content (AvgIpc) is 3.42. The van der Waals surface area contributed by atoms with E-state index in [1.165, 1.54) is 23.5 Å². The second-order valence-electron chi connectivity index (χ2n) is 7.73. The predicted molar refractivity (Wildman–Crippen MR) is 115 cm³/mol. The van der Waals surface area contributed by atoms with Crippen molar-refractivity contribution in [3.8, 4) is 11.3 Å². The maximum Gasteiger partial charge on any atom is 0.240 e. The summed E-state index contributed by atoms with van der Waals surface area (Å²) in [6.07, 6.45) is 2.22. The van der Waals surface area contributed by atoms with E-state index in [0.29, 0.717) is 23.9 Å². The Bertz CT molecular complexity index is 874. The minimum Gasteiger partial charge on any atom is -0.342 e. The van der Waals surface area contributed by atoms with Gasteiger partial charge in [0.25, 0.3) is 0 Å². The van der Waals surface area contributed by atoms with Crippen molar-refractivity contribution in [1.82, 2.24) is 19.7 Å². The van der Waals surface area contributed by atoms with Gasteiger partial charge in [-0.1, -0.05) is 0 Å². The van der Waals surface area contributed by atoms with Crippen LogP contribution in [0.2, 0.25) is 0 Å². The van der Waals surface area contributed by atoms with Gasteiger partial charge in [0.1, 0.15) is 5.82 Å². The number of anilines is 1. The monoisotopic (exact) mass is 431 g/mol. The van der Waals surface area contributed by atoms with E-state index in [1.54, 1.807) is 12.1 Å². The summed E-state index contributed by atoms with van der Waals surface area (Å²) in [6.45, 7) is 5.67. The fraction of sp³-hybridized carbons (Fsp3) is 0.476. The highest BCUT2D eigenvalue weighted by Crippen LogP contribution is 2.25. The number of rotatable bonds is 6. The Balaban J connectivity index is 1.21. The third-order valence-corrected chi connectivity index (χ3v) is 6.30. The summed E-state index contributed by atoms with van der Waals surface area (Å²) in [5.74, 6) is -0.168. The molecule has 2 aromatic rings. The van der Waals surface area contributed by atoms with Crippen molar-refractivity contribution in [3.63, 3.8) is 0 Å². The number of carbonyl (C=O) groups is 2. The number of aromatic nitrogens is 1. The molecule has 30 heavy (non-hydrogen) atoms. The molecule has 2 amide bonds. The first-order valence-electron chi connectivity index (χ1n) is 10.3. The molecule has 160 valence electrons. The van der Waals surface area contributed by atoms with E-state index in [0.717, 1.165) is 57.7 Å². The molecule has 1 N–H and O–H groups in total. The van der Waals surface area contributed by atoms with E-state index in [4.69, 9.17) is 0 Å². The van der Waals surface area contributed by atoms with Gasteiger partial charge in [0, 0.05) is 50.2 Å². The highest BCUT2D eigenvalue weighted by Gasteiger charge is 2.24. The standard InChI is InChI=1S/C21H26FN5O2S/c22-17-5-3-16(4-6-17)18-15-30-21(23-18)24-19(28)13-25-9-11-26(12-10-25)14-20(29)27-7-1-2-8-27/h3-6,15H,1-2,7-14H2,(H,23,24,28). The molecule has 0 aliphatic carbocycles. The Morgan fingerprint density at radius 3 is 2.27 bits per heavy atom. The number of amides is 2. The van der Waals surface area contributed by atoms with Crippen molar-refractivity contribution in [2.24, 2.45) is 0 Å². The molecular weight excluding hydrogens is 405 g/mol. The summed E-state index contributed by atoms with van der Waals surface area (Å²) < 4.78 is 13.1. The fourth-order valence-electron chi connectivity index (χ4n) is 3.81. The topological polar surface area (TPSA) is 68.8 Å². The lowest BCUT2D eigenvalue weighted by Gasteiger charge is -2.34. The summed E-state index contributed by atoms with van der Waals surface area (Å²) >= 11 is 1.35. The van der Waals surface area contributed by atoms with Gasteiger partial charge in [-0.2, -0.15) is 0 Å². The average molecular weight is 432 g/mol. The molecule has 3 heterocycles. The summed E-state index contributed by atoms with van der Waals surface area (Å²) in [7, 11) is 0. The van der Waals surface area contributed by atoms with Gasteiger partial charge < -0.3 is 10.2 Å². The molecule has 2 fully saturated rings. The smallest absolute Gasteiger partial charge is 0.240 e. The van der Waals surface area contributed by atoms with E-state index < -0.39 is 0 Å². The molecule has 0 atom stereocenters. The molecule has 0 spiro atoms. The molecule has 1 aromatic heterocycles. The number of hydrogen-bond donors (Lipinski definition) is 1. The Kier molecular flexibility index (Phi) is 6.71. The third kappa shape index (κ3) is 5.41. The molecule has 1 aromatic carbocycles. The highest BCUT2D eigenvalue weighted by atomic mass is 32.1. The molecule has 0 radical (unpaired) electrons. The number of benzene rings is 1. The summed E-state index contributed by atoms with van der Waals surface area (Å²) in [5.41, 5.74) is 1.53. The Labute approximate surface area is 179 Å². The number of piperazine rings is 1. The zero-order valence-corrected chi connectivity index (χ0v) is 17.7. The molecule has 2 saturated heterocycles. The van der Waals surface area contributed by atoms with Gasteiger partial charge in [-0.25, -0.2) is 9.37 Å². The molecule has 4 rings (SSSR count). The number of nitrogens with one attached hydrogen (secondary N) is 1. The van der Waals surface area contributed by atoms with Crippen LogP contribution in [0.25, 0.3) is 11.3 Å². The van der Waals surface area contributed by atoms with E-state index in [9.17, 15) is 14.0 Å². The number of thiazole rings is 1. The van der Waals surface area contributed by atoms with Crippen molar-refractivity contribution in [3.05, 3.63) is 35.5 Å². The first-order valence-corrected chi connectivity index (χ1v) is 11.2. The van der Waals surface area contributed by atoms with Gasteiger partial charge in [-0.3, -0.25) is 19.4 Å². The van der Waals surface area contributed by atoms with Crippen LogP contribution >= 0.6 is 11.3 Å². The maximum atomic E-state index is 13.1. The van der Waals surface area contributed by atoms with E-state index in [1.807, 2.05) is 10.3 Å². The molecular formula is C21H26FN5O2S. The first kappa shape index (κ1) is 20.9. The lowest BCUT2D eigenvalue weighted by Crippen LogP contribution is -2.51. The van der Waals surface area contributed by atoms with Crippen molar-refractivity contribution >= 4 is 28.3 Å². The van der Waals surface area contributed by atoms with Crippen molar-refractivity contribution < 1.29 is 14.0 Å².